The van der Waals surface area contributed by atoms with Crippen molar-refractivity contribution in [3.8, 4) is 0 Å². The summed E-state index contributed by atoms with van der Waals surface area (Å²) < 4.78 is 6.19. The topological polar surface area (TPSA) is 108 Å². The van der Waals surface area contributed by atoms with Gasteiger partial charge in [-0.15, -0.1) is 11.3 Å². The normalized spacial score (nSPS) is 19.0. The Labute approximate surface area is 160 Å². The summed E-state index contributed by atoms with van der Waals surface area (Å²) in [6, 6.07) is 3.79. The van der Waals surface area contributed by atoms with Crippen LogP contribution in [0, 0.1) is 0 Å². The first-order valence-electron chi connectivity index (χ1n) is 9.03. The number of aromatic nitrogens is 2. The van der Waals surface area contributed by atoms with Crippen LogP contribution in [-0.2, 0) is 28.1 Å². The zero-order valence-corrected chi connectivity index (χ0v) is 15.7. The molecule has 1 amide bonds. The van der Waals surface area contributed by atoms with Crippen molar-refractivity contribution in [2.24, 2.45) is 0 Å². The number of piperidine rings is 1. The van der Waals surface area contributed by atoms with Gasteiger partial charge < -0.3 is 15.2 Å². The van der Waals surface area contributed by atoms with Gasteiger partial charge in [-0.2, -0.15) is 5.10 Å². The molecule has 2 aliphatic rings. The van der Waals surface area contributed by atoms with Gasteiger partial charge in [-0.1, -0.05) is 0 Å². The van der Waals surface area contributed by atoms with Crippen LogP contribution in [0.15, 0.2) is 18.3 Å². The number of carbonyl (C=O) groups is 2. The molecule has 144 valence electrons. The fraction of sp³-hybridized carbons (Fsp3) is 0.500. The third-order valence-corrected chi connectivity index (χ3v) is 6.45. The van der Waals surface area contributed by atoms with Crippen molar-refractivity contribution < 1.29 is 19.4 Å². The highest BCUT2D eigenvalue weighted by atomic mass is 32.1. The fourth-order valence-corrected chi connectivity index (χ4v) is 5.00. The van der Waals surface area contributed by atoms with E-state index in [0.29, 0.717) is 31.1 Å². The van der Waals surface area contributed by atoms with Crippen molar-refractivity contribution in [1.82, 2.24) is 20.4 Å². The molecule has 0 atom stereocenters. The van der Waals surface area contributed by atoms with Crippen molar-refractivity contribution >= 4 is 23.2 Å². The summed E-state index contributed by atoms with van der Waals surface area (Å²) in [4.78, 5) is 27.3. The predicted octanol–water partition coefficient (Wildman–Crippen LogP) is 1.35. The lowest BCUT2D eigenvalue weighted by Gasteiger charge is -2.43. The fourth-order valence-electron chi connectivity index (χ4n) is 3.85. The van der Waals surface area contributed by atoms with Gasteiger partial charge in [0.05, 0.1) is 35.9 Å². The number of carbonyl (C=O) groups excluding carboxylic acids is 1. The molecule has 2 aromatic heterocycles. The van der Waals surface area contributed by atoms with E-state index in [0.717, 1.165) is 30.5 Å². The summed E-state index contributed by atoms with van der Waals surface area (Å²) >= 11 is 1.53. The smallest absolute Gasteiger partial charge is 0.317 e. The average molecular weight is 390 g/mol. The average Bonchev–Trinajstić information content (AvgIpc) is 3.31. The molecule has 0 bridgehead atoms. The molecule has 27 heavy (non-hydrogen) atoms. The van der Waals surface area contributed by atoms with E-state index in [1.165, 1.54) is 16.2 Å². The second-order valence-corrected chi connectivity index (χ2v) is 8.11. The van der Waals surface area contributed by atoms with Gasteiger partial charge in [0.25, 0.3) is 5.91 Å². The van der Waals surface area contributed by atoms with E-state index < -0.39 is 5.97 Å². The number of thiophene rings is 1. The number of nitrogens with zero attached hydrogens (tertiary/aromatic N) is 2. The number of likely N-dealkylation sites (tertiary alicyclic amines) is 1. The van der Waals surface area contributed by atoms with E-state index >= 15 is 0 Å². The van der Waals surface area contributed by atoms with Crippen molar-refractivity contribution in [1.29, 1.82) is 0 Å². The van der Waals surface area contributed by atoms with Crippen molar-refractivity contribution in [3.63, 3.8) is 0 Å². The third kappa shape index (κ3) is 3.76. The number of aliphatic carboxylic acids is 1. The van der Waals surface area contributed by atoms with Crippen LogP contribution >= 0.6 is 11.3 Å². The summed E-state index contributed by atoms with van der Waals surface area (Å²) in [5.41, 5.74) is 1.58. The lowest BCUT2D eigenvalue weighted by Crippen LogP contribution is -2.47. The number of nitrogens with one attached hydrogen (secondary N) is 2. The zero-order valence-electron chi connectivity index (χ0n) is 14.9. The Balaban J connectivity index is 1.47. The van der Waals surface area contributed by atoms with Gasteiger partial charge in [-0.25, -0.2) is 0 Å². The van der Waals surface area contributed by atoms with Crippen LogP contribution in [0.5, 0.6) is 0 Å². The first-order valence-corrected chi connectivity index (χ1v) is 9.85. The van der Waals surface area contributed by atoms with E-state index in [1.54, 1.807) is 6.20 Å². The number of amides is 1. The Morgan fingerprint density at radius 3 is 2.93 bits per heavy atom. The highest BCUT2D eigenvalue weighted by molar-refractivity contribution is 7.14. The van der Waals surface area contributed by atoms with Gasteiger partial charge in [0.1, 0.15) is 0 Å². The second-order valence-electron chi connectivity index (χ2n) is 6.97. The van der Waals surface area contributed by atoms with Crippen molar-refractivity contribution in [2.45, 2.75) is 31.4 Å². The van der Waals surface area contributed by atoms with Crippen molar-refractivity contribution in [2.75, 3.05) is 26.2 Å². The number of rotatable bonds is 5. The molecule has 2 aromatic rings. The maximum absolute atomic E-state index is 12.6. The molecule has 0 saturated carbocycles. The third-order valence-electron chi connectivity index (χ3n) is 5.25. The summed E-state index contributed by atoms with van der Waals surface area (Å²) in [7, 11) is 0. The minimum Gasteiger partial charge on any atom is -0.480 e. The second kappa shape index (κ2) is 7.41. The quantitative estimate of drug-likeness (QED) is 0.711. The maximum atomic E-state index is 12.6. The van der Waals surface area contributed by atoms with Gasteiger partial charge in [-0.3, -0.25) is 19.6 Å². The number of fused-ring (bicyclic) bond motifs is 2. The predicted molar refractivity (Wildman–Crippen MR) is 98.7 cm³/mol. The molecule has 0 aromatic carbocycles. The van der Waals surface area contributed by atoms with Crippen LogP contribution in [0.25, 0.3) is 0 Å². The summed E-state index contributed by atoms with van der Waals surface area (Å²) in [6.07, 6.45) is 3.97. The molecule has 4 heterocycles. The van der Waals surface area contributed by atoms with E-state index in [2.05, 4.69) is 15.5 Å². The molecule has 1 fully saturated rings. The molecule has 1 saturated heterocycles. The molecular formula is C18H22N4O4S. The molecule has 9 heteroatoms. The molecular weight excluding hydrogens is 368 g/mol. The summed E-state index contributed by atoms with van der Waals surface area (Å²) in [6.45, 7) is 2.48. The number of H-pyrrole nitrogens is 1. The molecule has 3 N–H and O–H groups in total. The van der Waals surface area contributed by atoms with Gasteiger partial charge >= 0.3 is 5.97 Å². The number of ether oxygens (including phenoxy) is 1. The van der Waals surface area contributed by atoms with Gasteiger partial charge in [-0.05, 0) is 30.5 Å². The van der Waals surface area contributed by atoms with Crippen LogP contribution in [-0.4, -0.2) is 58.3 Å². The molecule has 0 aliphatic carbocycles. The number of carboxylic acid groups (broad SMARTS) is 1. The SMILES string of the molecule is O=C(O)CN1CCC2(CC1)OCCc1sc(C(=O)NCc3ccn[nH]3)cc12. The lowest BCUT2D eigenvalue weighted by atomic mass is 9.82. The molecule has 1 spiro atoms. The number of aromatic amines is 1. The standard InChI is InChI=1S/C18H22N4O4S/c23-16(24)11-22-6-3-18(4-7-22)13-9-15(27-14(13)2-8-26-18)17(25)19-10-12-1-5-20-21-12/h1,5,9H,2-4,6-8,10-11H2,(H,19,25)(H,20,21)(H,23,24). The highest BCUT2D eigenvalue weighted by Gasteiger charge is 2.42. The summed E-state index contributed by atoms with van der Waals surface area (Å²) in [5, 5.41) is 18.6. The first kappa shape index (κ1) is 18.1. The van der Waals surface area contributed by atoms with Gasteiger partial charge in [0.2, 0.25) is 0 Å². The van der Waals surface area contributed by atoms with E-state index in [9.17, 15) is 9.59 Å². The Hall–Kier alpha value is -2.23. The minimum atomic E-state index is -0.803. The van der Waals surface area contributed by atoms with Crippen LogP contribution in [0.1, 0.15) is 38.6 Å². The largest absolute Gasteiger partial charge is 0.480 e. The van der Waals surface area contributed by atoms with Gasteiger partial charge in [0, 0.05) is 30.6 Å². The summed E-state index contributed by atoms with van der Waals surface area (Å²) in [5.74, 6) is -0.898. The Morgan fingerprint density at radius 1 is 1.41 bits per heavy atom. The number of carboxylic acids is 1. The maximum Gasteiger partial charge on any atom is 0.317 e. The van der Waals surface area contributed by atoms with Crippen LogP contribution in [0.3, 0.4) is 0 Å². The molecule has 4 rings (SSSR count). The minimum absolute atomic E-state index is 0.0633. The molecule has 0 unspecified atom stereocenters. The monoisotopic (exact) mass is 390 g/mol. The van der Waals surface area contributed by atoms with E-state index in [1.807, 2.05) is 17.0 Å². The molecule has 2 aliphatic heterocycles. The Morgan fingerprint density at radius 2 is 2.22 bits per heavy atom. The van der Waals surface area contributed by atoms with Crippen molar-refractivity contribution in [3.05, 3.63) is 39.3 Å². The Kier molecular flexibility index (Phi) is 4.98. The van der Waals surface area contributed by atoms with E-state index in [4.69, 9.17) is 9.84 Å². The number of hydrogen-bond donors (Lipinski definition) is 3. The van der Waals surface area contributed by atoms with Gasteiger partial charge in [0.15, 0.2) is 0 Å². The highest BCUT2D eigenvalue weighted by Crippen LogP contribution is 2.44. The van der Waals surface area contributed by atoms with Crippen LogP contribution in [0.2, 0.25) is 0 Å². The number of hydrogen-bond acceptors (Lipinski definition) is 6. The van der Waals surface area contributed by atoms with Crippen LogP contribution < -0.4 is 5.32 Å². The van der Waals surface area contributed by atoms with Crippen LogP contribution in [0.4, 0.5) is 0 Å². The zero-order chi connectivity index (χ0) is 18.9. The molecule has 8 nitrogen and oxygen atoms in total. The molecule has 0 radical (unpaired) electrons. The Bertz CT molecular complexity index is 825. The lowest BCUT2D eigenvalue weighted by molar-refractivity contribution is -0.141. The first-order chi connectivity index (χ1) is 13.1. The van der Waals surface area contributed by atoms with E-state index in [-0.39, 0.29) is 18.1 Å².